The molecule has 0 spiro atoms. The highest BCUT2D eigenvalue weighted by atomic mass is 16.3. The minimum Gasteiger partial charge on any atom is -0.508 e. The van der Waals surface area contributed by atoms with Crippen LogP contribution in [0, 0.1) is 6.92 Å². The molecule has 3 rings (SSSR count). The van der Waals surface area contributed by atoms with Crippen LogP contribution >= 0.6 is 0 Å². The highest BCUT2D eigenvalue weighted by Gasteiger charge is 2.20. The average molecular weight is 299 g/mol. The molecule has 0 saturated carbocycles. The number of nitrogens with one attached hydrogen (secondary N) is 1. The zero-order valence-electron chi connectivity index (χ0n) is 12.3. The van der Waals surface area contributed by atoms with Gasteiger partial charge < -0.3 is 10.4 Å². The maximum Gasteiger partial charge on any atom is 0.257 e. The van der Waals surface area contributed by atoms with Crippen molar-refractivity contribution in [2.45, 2.75) is 32.7 Å². The van der Waals surface area contributed by atoms with Crippen LogP contribution in [0.5, 0.6) is 5.75 Å². The lowest BCUT2D eigenvalue weighted by atomic mass is 10.2. The molecule has 0 unspecified atom stereocenters. The predicted molar refractivity (Wildman–Crippen MR) is 82.0 cm³/mol. The molecule has 1 aromatic carbocycles. The van der Waals surface area contributed by atoms with E-state index in [9.17, 15) is 14.7 Å². The number of carbonyl (C=O) groups excluding carboxylic acids is 1. The first kappa shape index (κ1) is 14.3. The van der Waals surface area contributed by atoms with Gasteiger partial charge in [-0.05, 0) is 38.3 Å². The van der Waals surface area contributed by atoms with Crippen molar-refractivity contribution >= 4 is 11.6 Å². The van der Waals surface area contributed by atoms with Crippen molar-refractivity contribution < 1.29 is 9.90 Å². The molecular formula is C16H17N3O3. The molecule has 0 saturated heterocycles. The maximum atomic E-state index is 12.4. The summed E-state index contributed by atoms with van der Waals surface area (Å²) < 4.78 is 1.41. The van der Waals surface area contributed by atoms with Crippen LogP contribution in [0.1, 0.15) is 23.5 Å². The molecule has 6 nitrogen and oxygen atoms in total. The SMILES string of the molecule is Cc1nc2c(c(=O)n1CC(=O)Nc1cccc(O)c1)CCC2. The highest BCUT2D eigenvalue weighted by Crippen LogP contribution is 2.17. The number of benzene rings is 1. The number of rotatable bonds is 3. The Kier molecular flexibility index (Phi) is 3.66. The first-order valence-electron chi connectivity index (χ1n) is 7.22. The molecule has 1 aliphatic rings. The molecule has 0 radical (unpaired) electrons. The quantitative estimate of drug-likeness (QED) is 0.897. The number of hydrogen-bond donors (Lipinski definition) is 2. The largest absolute Gasteiger partial charge is 0.508 e. The van der Waals surface area contributed by atoms with Crippen molar-refractivity contribution in [3.05, 3.63) is 51.7 Å². The molecule has 114 valence electrons. The molecule has 2 N–H and O–H groups in total. The Bertz CT molecular complexity index is 796. The number of phenols is 1. The van der Waals surface area contributed by atoms with Gasteiger partial charge in [-0.2, -0.15) is 0 Å². The lowest BCUT2D eigenvalue weighted by Crippen LogP contribution is -2.32. The van der Waals surface area contributed by atoms with Crippen LogP contribution in [0.4, 0.5) is 5.69 Å². The predicted octanol–water partition coefficient (Wildman–Crippen LogP) is 1.38. The number of aryl methyl sites for hydroxylation is 2. The molecule has 1 heterocycles. The summed E-state index contributed by atoms with van der Waals surface area (Å²) in [4.78, 5) is 29.0. The lowest BCUT2D eigenvalue weighted by Gasteiger charge is -2.12. The summed E-state index contributed by atoms with van der Waals surface area (Å²) in [6, 6.07) is 6.29. The number of hydrogen-bond acceptors (Lipinski definition) is 4. The summed E-state index contributed by atoms with van der Waals surface area (Å²) in [5.74, 6) is 0.303. The van der Waals surface area contributed by atoms with Crippen LogP contribution in [0.25, 0.3) is 0 Å². The fourth-order valence-corrected chi connectivity index (χ4v) is 2.76. The molecule has 1 aromatic heterocycles. The maximum absolute atomic E-state index is 12.4. The van der Waals surface area contributed by atoms with Gasteiger partial charge in [0.15, 0.2) is 0 Å². The molecule has 2 aromatic rings. The zero-order valence-corrected chi connectivity index (χ0v) is 12.3. The molecule has 0 aliphatic heterocycles. The summed E-state index contributed by atoms with van der Waals surface area (Å²) >= 11 is 0. The zero-order chi connectivity index (χ0) is 15.7. The van der Waals surface area contributed by atoms with E-state index in [1.54, 1.807) is 19.1 Å². The first-order chi connectivity index (χ1) is 10.5. The highest BCUT2D eigenvalue weighted by molar-refractivity contribution is 5.90. The van der Waals surface area contributed by atoms with Gasteiger partial charge in [-0.25, -0.2) is 4.98 Å². The monoisotopic (exact) mass is 299 g/mol. The smallest absolute Gasteiger partial charge is 0.257 e. The molecule has 0 bridgehead atoms. The van der Waals surface area contributed by atoms with Crippen molar-refractivity contribution in [2.24, 2.45) is 0 Å². The summed E-state index contributed by atoms with van der Waals surface area (Å²) in [6.45, 7) is 1.65. The number of fused-ring (bicyclic) bond motifs is 1. The number of anilines is 1. The summed E-state index contributed by atoms with van der Waals surface area (Å²) in [7, 11) is 0. The van der Waals surface area contributed by atoms with Gasteiger partial charge >= 0.3 is 0 Å². The van der Waals surface area contributed by atoms with Crippen molar-refractivity contribution in [3.63, 3.8) is 0 Å². The van der Waals surface area contributed by atoms with Gasteiger partial charge in [-0.3, -0.25) is 14.2 Å². The van der Waals surface area contributed by atoms with Crippen molar-refractivity contribution in [1.82, 2.24) is 9.55 Å². The average Bonchev–Trinajstić information content (AvgIpc) is 2.91. The van der Waals surface area contributed by atoms with Crippen LogP contribution < -0.4 is 10.9 Å². The first-order valence-corrected chi connectivity index (χ1v) is 7.22. The number of aromatic hydroxyl groups is 1. The minimum absolute atomic E-state index is 0.0744. The second-order valence-electron chi connectivity index (χ2n) is 5.43. The number of amides is 1. The van der Waals surface area contributed by atoms with Crippen molar-refractivity contribution in [2.75, 3.05) is 5.32 Å². The summed E-state index contributed by atoms with van der Waals surface area (Å²) in [6.07, 6.45) is 2.51. The van der Waals surface area contributed by atoms with Crippen LogP contribution in [-0.2, 0) is 24.2 Å². The fourth-order valence-electron chi connectivity index (χ4n) is 2.76. The summed E-state index contributed by atoms with van der Waals surface area (Å²) in [5, 5.41) is 12.1. The Morgan fingerprint density at radius 1 is 1.41 bits per heavy atom. The van der Waals surface area contributed by atoms with Crippen molar-refractivity contribution in [1.29, 1.82) is 0 Å². The second-order valence-corrected chi connectivity index (χ2v) is 5.43. The van der Waals surface area contributed by atoms with Gasteiger partial charge in [0.25, 0.3) is 5.56 Å². The van der Waals surface area contributed by atoms with Crippen LogP contribution in [0.3, 0.4) is 0 Å². The van der Waals surface area contributed by atoms with Gasteiger partial charge in [0, 0.05) is 17.3 Å². The molecular weight excluding hydrogens is 282 g/mol. The van der Waals surface area contributed by atoms with Crippen LogP contribution in [0.2, 0.25) is 0 Å². The van der Waals surface area contributed by atoms with E-state index >= 15 is 0 Å². The lowest BCUT2D eigenvalue weighted by molar-refractivity contribution is -0.116. The third-order valence-corrected chi connectivity index (χ3v) is 3.81. The third-order valence-electron chi connectivity index (χ3n) is 3.81. The van der Waals surface area contributed by atoms with E-state index in [1.807, 2.05) is 0 Å². The fraction of sp³-hybridized carbons (Fsp3) is 0.312. The van der Waals surface area contributed by atoms with E-state index in [0.717, 1.165) is 30.5 Å². The van der Waals surface area contributed by atoms with Gasteiger partial charge in [-0.15, -0.1) is 0 Å². The Morgan fingerprint density at radius 3 is 3.00 bits per heavy atom. The normalized spacial score (nSPS) is 13.0. The van der Waals surface area contributed by atoms with E-state index in [0.29, 0.717) is 11.5 Å². The van der Waals surface area contributed by atoms with E-state index in [2.05, 4.69) is 10.3 Å². The second kappa shape index (κ2) is 5.63. The molecule has 0 atom stereocenters. The minimum atomic E-state index is -0.324. The third kappa shape index (κ3) is 2.72. The number of nitrogens with zero attached hydrogens (tertiary/aromatic N) is 2. The standard InChI is InChI=1S/C16H17N3O3/c1-10-17-14-7-3-6-13(14)16(22)19(10)9-15(21)18-11-4-2-5-12(20)8-11/h2,4-5,8,20H,3,6-7,9H2,1H3,(H,18,21). The Balaban J connectivity index is 1.81. The summed E-state index contributed by atoms with van der Waals surface area (Å²) in [5.41, 5.74) is 1.97. The Hall–Kier alpha value is -2.63. The van der Waals surface area contributed by atoms with Crippen LogP contribution in [0.15, 0.2) is 29.1 Å². The molecule has 6 heteroatoms. The van der Waals surface area contributed by atoms with Gasteiger partial charge in [0.05, 0.1) is 5.69 Å². The molecule has 0 fully saturated rings. The van der Waals surface area contributed by atoms with Gasteiger partial charge in [-0.1, -0.05) is 6.07 Å². The Morgan fingerprint density at radius 2 is 2.23 bits per heavy atom. The number of aromatic nitrogens is 2. The van der Waals surface area contributed by atoms with Crippen LogP contribution in [-0.4, -0.2) is 20.6 Å². The molecule has 1 aliphatic carbocycles. The van der Waals surface area contributed by atoms with E-state index in [1.165, 1.54) is 16.7 Å². The van der Waals surface area contributed by atoms with E-state index in [4.69, 9.17) is 0 Å². The van der Waals surface area contributed by atoms with E-state index < -0.39 is 0 Å². The topological polar surface area (TPSA) is 84.2 Å². The number of phenolic OH excluding ortho intramolecular Hbond substituents is 1. The van der Waals surface area contributed by atoms with E-state index in [-0.39, 0.29) is 23.8 Å². The Labute approximate surface area is 127 Å². The number of carbonyl (C=O) groups is 1. The molecule has 22 heavy (non-hydrogen) atoms. The van der Waals surface area contributed by atoms with Gasteiger partial charge in [0.1, 0.15) is 18.1 Å². The van der Waals surface area contributed by atoms with Crippen molar-refractivity contribution in [3.8, 4) is 5.75 Å². The molecule has 1 amide bonds. The van der Waals surface area contributed by atoms with Gasteiger partial charge in [0.2, 0.25) is 5.91 Å².